The standard InChI is InChI=1S/C17H16BrN7O3/c1-11-13(9-23(2)21-11)7-19-20-17(26)16-15(25(27)28)10-24(22-16)8-12-4-3-5-14(18)6-12/h3-7,9-10H,8H2,1-2H3,(H,20,26)/b19-7-. The van der Waals surface area contributed by atoms with Crippen molar-refractivity contribution >= 4 is 33.7 Å². The Morgan fingerprint density at radius 1 is 1.39 bits per heavy atom. The molecule has 10 nitrogen and oxygen atoms in total. The number of carbonyl (C=O) groups is 1. The summed E-state index contributed by atoms with van der Waals surface area (Å²) in [5.74, 6) is -0.766. The smallest absolute Gasteiger partial charge is 0.275 e. The second-order valence-corrected chi connectivity index (χ2v) is 6.91. The Morgan fingerprint density at radius 3 is 2.82 bits per heavy atom. The Hall–Kier alpha value is -3.34. The molecule has 0 saturated carbocycles. The zero-order chi connectivity index (χ0) is 20.3. The first kappa shape index (κ1) is 19.4. The van der Waals surface area contributed by atoms with Crippen molar-refractivity contribution in [3.63, 3.8) is 0 Å². The second kappa shape index (κ2) is 8.13. The van der Waals surface area contributed by atoms with Gasteiger partial charge in [-0.1, -0.05) is 28.1 Å². The van der Waals surface area contributed by atoms with Crippen LogP contribution in [0.2, 0.25) is 0 Å². The van der Waals surface area contributed by atoms with E-state index in [4.69, 9.17) is 0 Å². The number of hydrazone groups is 1. The molecule has 0 unspecified atom stereocenters. The van der Waals surface area contributed by atoms with Gasteiger partial charge in [0.05, 0.1) is 23.4 Å². The Labute approximate surface area is 168 Å². The average Bonchev–Trinajstić information content (AvgIpc) is 3.18. The number of aryl methyl sites for hydroxylation is 2. The van der Waals surface area contributed by atoms with Crippen molar-refractivity contribution in [2.45, 2.75) is 13.5 Å². The molecule has 1 aromatic carbocycles. The molecule has 0 radical (unpaired) electrons. The lowest BCUT2D eigenvalue weighted by molar-refractivity contribution is -0.385. The van der Waals surface area contributed by atoms with Crippen molar-refractivity contribution in [2.75, 3.05) is 0 Å². The van der Waals surface area contributed by atoms with Crippen LogP contribution in [-0.4, -0.2) is 36.6 Å². The Kier molecular flexibility index (Phi) is 5.64. The summed E-state index contributed by atoms with van der Waals surface area (Å²) in [6.07, 6.45) is 4.38. The van der Waals surface area contributed by atoms with Crippen molar-refractivity contribution in [3.05, 3.63) is 73.8 Å². The molecule has 28 heavy (non-hydrogen) atoms. The van der Waals surface area contributed by atoms with Crippen LogP contribution in [0.15, 0.2) is 46.2 Å². The molecule has 3 aromatic rings. The average molecular weight is 446 g/mol. The summed E-state index contributed by atoms with van der Waals surface area (Å²) < 4.78 is 3.85. The van der Waals surface area contributed by atoms with Crippen molar-refractivity contribution in [2.24, 2.45) is 12.1 Å². The zero-order valence-corrected chi connectivity index (χ0v) is 16.6. The van der Waals surface area contributed by atoms with Crippen molar-refractivity contribution < 1.29 is 9.72 Å². The lowest BCUT2D eigenvalue weighted by Crippen LogP contribution is -2.19. The van der Waals surface area contributed by atoms with E-state index in [1.165, 1.54) is 17.1 Å². The highest BCUT2D eigenvalue weighted by Gasteiger charge is 2.25. The maximum atomic E-state index is 12.3. The number of nitrogens with zero attached hydrogens (tertiary/aromatic N) is 6. The van der Waals surface area contributed by atoms with E-state index < -0.39 is 10.8 Å². The first-order valence-electron chi connectivity index (χ1n) is 8.13. The minimum Gasteiger partial charge on any atom is -0.275 e. The predicted molar refractivity (Wildman–Crippen MR) is 105 cm³/mol. The van der Waals surface area contributed by atoms with Crippen LogP contribution < -0.4 is 5.43 Å². The maximum absolute atomic E-state index is 12.3. The summed E-state index contributed by atoms with van der Waals surface area (Å²) in [6, 6.07) is 7.45. The molecule has 2 aromatic heterocycles. The third kappa shape index (κ3) is 4.49. The van der Waals surface area contributed by atoms with E-state index in [1.54, 1.807) is 24.9 Å². The summed E-state index contributed by atoms with van der Waals surface area (Å²) in [4.78, 5) is 23.0. The van der Waals surface area contributed by atoms with Gasteiger partial charge in [0.15, 0.2) is 0 Å². The van der Waals surface area contributed by atoms with E-state index in [0.717, 1.165) is 21.3 Å². The molecule has 0 atom stereocenters. The number of nitrogens with one attached hydrogen (secondary N) is 1. The van der Waals surface area contributed by atoms with Crippen LogP contribution in [0.1, 0.15) is 27.3 Å². The number of carbonyl (C=O) groups excluding carboxylic acids is 1. The van der Waals surface area contributed by atoms with Crippen molar-refractivity contribution in [1.29, 1.82) is 0 Å². The number of amides is 1. The largest absolute Gasteiger partial charge is 0.320 e. The molecule has 2 heterocycles. The van der Waals surface area contributed by atoms with E-state index in [0.29, 0.717) is 0 Å². The summed E-state index contributed by atoms with van der Waals surface area (Å²) in [7, 11) is 1.77. The van der Waals surface area contributed by atoms with Crippen LogP contribution in [0, 0.1) is 17.0 Å². The summed E-state index contributed by atoms with van der Waals surface area (Å²) in [6.45, 7) is 2.09. The fourth-order valence-corrected chi connectivity index (χ4v) is 3.01. The van der Waals surface area contributed by atoms with Crippen molar-refractivity contribution in [3.8, 4) is 0 Å². The highest BCUT2D eigenvalue weighted by molar-refractivity contribution is 9.10. The zero-order valence-electron chi connectivity index (χ0n) is 15.0. The number of hydrogen-bond acceptors (Lipinski definition) is 6. The molecule has 0 spiro atoms. The topological polar surface area (TPSA) is 120 Å². The van der Waals surface area contributed by atoms with Gasteiger partial charge in [-0.05, 0) is 24.6 Å². The van der Waals surface area contributed by atoms with Gasteiger partial charge in [-0.3, -0.25) is 24.3 Å². The molecule has 3 rings (SSSR count). The van der Waals surface area contributed by atoms with E-state index >= 15 is 0 Å². The molecule has 0 aliphatic carbocycles. The molecular formula is C17H16BrN7O3. The summed E-state index contributed by atoms with van der Waals surface area (Å²) in [5.41, 5.74) is 3.92. The van der Waals surface area contributed by atoms with Crippen LogP contribution >= 0.6 is 15.9 Å². The quantitative estimate of drug-likeness (QED) is 0.354. The number of hydrogen-bond donors (Lipinski definition) is 1. The van der Waals surface area contributed by atoms with Crippen LogP contribution in [0.3, 0.4) is 0 Å². The van der Waals surface area contributed by atoms with Crippen LogP contribution in [0.4, 0.5) is 5.69 Å². The Balaban J connectivity index is 1.78. The van der Waals surface area contributed by atoms with Gasteiger partial charge in [-0.15, -0.1) is 0 Å². The van der Waals surface area contributed by atoms with Gasteiger partial charge in [-0.25, -0.2) is 5.43 Å². The monoisotopic (exact) mass is 445 g/mol. The van der Waals surface area contributed by atoms with E-state index in [9.17, 15) is 14.9 Å². The van der Waals surface area contributed by atoms with Gasteiger partial charge in [-0.2, -0.15) is 15.3 Å². The normalized spacial score (nSPS) is 11.1. The summed E-state index contributed by atoms with van der Waals surface area (Å²) >= 11 is 3.37. The van der Waals surface area contributed by atoms with Crippen LogP contribution in [0.5, 0.6) is 0 Å². The van der Waals surface area contributed by atoms with Crippen LogP contribution in [0.25, 0.3) is 0 Å². The van der Waals surface area contributed by atoms with Gasteiger partial charge < -0.3 is 0 Å². The minimum atomic E-state index is -0.766. The molecule has 1 N–H and O–H groups in total. The predicted octanol–water partition coefficient (Wildman–Crippen LogP) is 2.41. The minimum absolute atomic E-state index is 0.283. The molecule has 144 valence electrons. The fraction of sp³-hybridized carbons (Fsp3) is 0.176. The number of benzene rings is 1. The highest BCUT2D eigenvalue weighted by atomic mass is 79.9. The molecule has 0 aliphatic heterocycles. The summed E-state index contributed by atoms with van der Waals surface area (Å²) in [5, 5.41) is 23.4. The lowest BCUT2D eigenvalue weighted by atomic mass is 10.2. The molecule has 0 bridgehead atoms. The number of rotatable bonds is 6. The van der Waals surface area contributed by atoms with Gasteiger partial charge in [0.25, 0.3) is 5.91 Å². The lowest BCUT2D eigenvalue weighted by Gasteiger charge is -2.01. The second-order valence-electron chi connectivity index (χ2n) is 5.99. The Bertz CT molecular complexity index is 1070. The molecule has 0 saturated heterocycles. The van der Waals surface area contributed by atoms with Gasteiger partial charge in [0, 0.05) is 23.3 Å². The number of nitro groups is 1. The molecular weight excluding hydrogens is 430 g/mol. The number of halogens is 1. The Morgan fingerprint density at radius 2 is 2.18 bits per heavy atom. The molecule has 0 fully saturated rings. The van der Waals surface area contributed by atoms with E-state index in [2.05, 4.69) is 36.7 Å². The first-order chi connectivity index (χ1) is 13.3. The number of aromatic nitrogens is 4. The maximum Gasteiger partial charge on any atom is 0.320 e. The molecule has 11 heteroatoms. The third-order valence-corrected chi connectivity index (χ3v) is 4.30. The van der Waals surface area contributed by atoms with Gasteiger partial charge in [0.2, 0.25) is 5.69 Å². The van der Waals surface area contributed by atoms with E-state index in [1.807, 2.05) is 24.3 Å². The van der Waals surface area contributed by atoms with Gasteiger partial charge >= 0.3 is 5.69 Å². The van der Waals surface area contributed by atoms with Crippen LogP contribution in [-0.2, 0) is 13.6 Å². The fourth-order valence-electron chi connectivity index (χ4n) is 2.57. The van der Waals surface area contributed by atoms with Crippen molar-refractivity contribution in [1.82, 2.24) is 25.0 Å². The highest BCUT2D eigenvalue weighted by Crippen LogP contribution is 2.19. The SMILES string of the molecule is Cc1nn(C)cc1/C=N\NC(=O)c1nn(Cc2cccc(Br)c2)cc1[N+](=O)[O-]. The molecule has 0 aliphatic rings. The molecule has 1 amide bonds. The van der Waals surface area contributed by atoms with Gasteiger partial charge in [0.1, 0.15) is 6.20 Å². The van der Waals surface area contributed by atoms with E-state index in [-0.39, 0.29) is 17.9 Å². The third-order valence-electron chi connectivity index (χ3n) is 3.81. The first-order valence-corrected chi connectivity index (χ1v) is 8.92.